The molecule has 0 heterocycles. The van der Waals surface area contributed by atoms with Crippen molar-refractivity contribution in [2.75, 3.05) is 28.4 Å². The van der Waals surface area contributed by atoms with E-state index in [0.717, 1.165) is 12.2 Å². The van der Waals surface area contributed by atoms with Gasteiger partial charge in [0, 0.05) is 11.6 Å². The monoisotopic (exact) mass is 280 g/mol. The smallest absolute Gasteiger partial charge is 0.330 e. The van der Waals surface area contributed by atoms with Crippen LogP contribution in [0.5, 0.6) is 17.2 Å². The number of carbonyl (C=O) groups is 2. The quantitative estimate of drug-likeness (QED) is 0.448. The highest BCUT2D eigenvalue weighted by Crippen LogP contribution is 2.38. The summed E-state index contributed by atoms with van der Waals surface area (Å²) >= 11 is 0. The first-order valence-corrected chi connectivity index (χ1v) is 5.67. The Kier molecular flexibility index (Phi) is 5.58. The van der Waals surface area contributed by atoms with Gasteiger partial charge >= 0.3 is 5.97 Å². The van der Waals surface area contributed by atoms with Crippen LogP contribution in [-0.4, -0.2) is 40.2 Å². The van der Waals surface area contributed by atoms with E-state index in [-0.39, 0.29) is 5.78 Å². The van der Waals surface area contributed by atoms with Gasteiger partial charge in [0.15, 0.2) is 17.3 Å². The lowest BCUT2D eigenvalue weighted by Crippen LogP contribution is -2.02. The molecule has 0 saturated heterocycles. The van der Waals surface area contributed by atoms with Crippen LogP contribution in [0.2, 0.25) is 0 Å². The number of ether oxygens (including phenoxy) is 4. The summed E-state index contributed by atoms with van der Waals surface area (Å²) in [6, 6.07) is 3.01. The molecule has 0 bridgehead atoms. The summed E-state index contributed by atoms with van der Waals surface area (Å²) in [7, 11) is 5.61. The van der Waals surface area contributed by atoms with Crippen molar-refractivity contribution in [2.45, 2.75) is 0 Å². The summed E-state index contributed by atoms with van der Waals surface area (Å²) < 4.78 is 19.9. The lowest BCUT2D eigenvalue weighted by molar-refractivity contribution is -0.134. The number of hydrogen-bond acceptors (Lipinski definition) is 6. The molecule has 0 radical (unpaired) electrons. The number of rotatable bonds is 6. The van der Waals surface area contributed by atoms with Crippen molar-refractivity contribution >= 4 is 11.8 Å². The molecular weight excluding hydrogens is 264 g/mol. The normalized spacial score (nSPS) is 10.2. The van der Waals surface area contributed by atoms with Gasteiger partial charge in [0.25, 0.3) is 0 Å². The average molecular weight is 280 g/mol. The van der Waals surface area contributed by atoms with E-state index in [1.807, 2.05) is 0 Å². The van der Waals surface area contributed by atoms with Gasteiger partial charge < -0.3 is 18.9 Å². The van der Waals surface area contributed by atoms with Crippen LogP contribution in [0.15, 0.2) is 24.3 Å². The molecule has 1 aromatic carbocycles. The Morgan fingerprint density at radius 1 is 0.900 bits per heavy atom. The Morgan fingerprint density at radius 3 is 1.85 bits per heavy atom. The molecule has 0 aromatic heterocycles. The number of allylic oxidation sites excluding steroid dienone is 1. The molecule has 0 aliphatic heterocycles. The number of benzene rings is 1. The third-order valence-corrected chi connectivity index (χ3v) is 2.52. The van der Waals surface area contributed by atoms with Crippen molar-refractivity contribution in [3.63, 3.8) is 0 Å². The maximum atomic E-state index is 12.0. The van der Waals surface area contributed by atoms with Crippen molar-refractivity contribution in [1.82, 2.24) is 0 Å². The van der Waals surface area contributed by atoms with E-state index >= 15 is 0 Å². The Balaban J connectivity index is 3.16. The standard InChI is InChI=1S/C14H16O6/c1-17-11-7-9(8-12(18-2)14(11)20-4)10(15)5-6-13(16)19-3/h5-8H,1-4H3. The van der Waals surface area contributed by atoms with E-state index in [1.165, 1.54) is 40.6 Å². The molecule has 0 atom stereocenters. The van der Waals surface area contributed by atoms with Gasteiger partial charge in [0.1, 0.15) is 0 Å². The molecule has 0 unspecified atom stereocenters. The first-order chi connectivity index (χ1) is 9.57. The van der Waals surface area contributed by atoms with Gasteiger partial charge in [-0.25, -0.2) is 4.79 Å². The highest BCUT2D eigenvalue weighted by Gasteiger charge is 2.15. The van der Waals surface area contributed by atoms with Crippen LogP contribution in [0, 0.1) is 0 Å². The molecule has 1 aromatic rings. The van der Waals surface area contributed by atoms with Gasteiger partial charge in [-0.15, -0.1) is 0 Å². The van der Waals surface area contributed by atoms with Crippen LogP contribution in [-0.2, 0) is 9.53 Å². The zero-order valence-electron chi connectivity index (χ0n) is 11.8. The van der Waals surface area contributed by atoms with E-state index in [9.17, 15) is 9.59 Å². The van der Waals surface area contributed by atoms with Gasteiger partial charge in [-0.3, -0.25) is 4.79 Å². The Morgan fingerprint density at radius 2 is 1.45 bits per heavy atom. The lowest BCUT2D eigenvalue weighted by Gasteiger charge is -2.13. The molecule has 108 valence electrons. The SMILES string of the molecule is COC(=O)C=CC(=O)c1cc(OC)c(OC)c(OC)c1. The van der Waals surface area contributed by atoms with E-state index in [4.69, 9.17) is 14.2 Å². The summed E-state index contributed by atoms with van der Waals surface area (Å²) in [5.41, 5.74) is 0.305. The Labute approximate surface area is 116 Å². The largest absolute Gasteiger partial charge is 0.493 e. The molecular formula is C14H16O6. The fraction of sp³-hybridized carbons (Fsp3) is 0.286. The van der Waals surface area contributed by atoms with Crippen LogP contribution in [0.25, 0.3) is 0 Å². The summed E-state index contributed by atoms with van der Waals surface area (Å²) in [5.74, 6) is 0.132. The molecule has 20 heavy (non-hydrogen) atoms. The zero-order valence-corrected chi connectivity index (χ0v) is 11.8. The zero-order chi connectivity index (χ0) is 15.1. The average Bonchev–Trinajstić information content (AvgIpc) is 2.50. The molecule has 0 spiro atoms. The first kappa shape index (κ1) is 15.6. The minimum atomic E-state index is -0.606. The van der Waals surface area contributed by atoms with Crippen LogP contribution in [0.4, 0.5) is 0 Å². The number of ketones is 1. The molecule has 0 saturated carbocycles. The molecule has 0 aliphatic carbocycles. The Hall–Kier alpha value is -2.50. The molecule has 0 amide bonds. The fourth-order valence-electron chi connectivity index (χ4n) is 1.53. The third kappa shape index (κ3) is 3.50. The van der Waals surface area contributed by atoms with Gasteiger partial charge in [-0.1, -0.05) is 0 Å². The van der Waals surface area contributed by atoms with Crippen molar-refractivity contribution in [3.05, 3.63) is 29.8 Å². The van der Waals surface area contributed by atoms with Crippen molar-refractivity contribution in [1.29, 1.82) is 0 Å². The van der Waals surface area contributed by atoms with Crippen molar-refractivity contribution in [2.24, 2.45) is 0 Å². The second-order valence-electron chi connectivity index (χ2n) is 3.63. The van der Waals surface area contributed by atoms with Gasteiger partial charge in [0.2, 0.25) is 5.75 Å². The minimum Gasteiger partial charge on any atom is -0.493 e. The van der Waals surface area contributed by atoms with Crippen molar-refractivity contribution in [3.8, 4) is 17.2 Å². The van der Waals surface area contributed by atoms with E-state index in [1.54, 1.807) is 0 Å². The van der Waals surface area contributed by atoms with Crippen LogP contribution >= 0.6 is 0 Å². The topological polar surface area (TPSA) is 71.1 Å². The predicted molar refractivity (Wildman–Crippen MR) is 71.6 cm³/mol. The lowest BCUT2D eigenvalue weighted by atomic mass is 10.1. The number of carbonyl (C=O) groups excluding carboxylic acids is 2. The molecule has 6 heteroatoms. The van der Waals surface area contributed by atoms with Gasteiger partial charge in [0.05, 0.1) is 28.4 Å². The van der Waals surface area contributed by atoms with Gasteiger partial charge in [-0.05, 0) is 18.2 Å². The van der Waals surface area contributed by atoms with Crippen molar-refractivity contribution < 1.29 is 28.5 Å². The summed E-state index contributed by atoms with van der Waals surface area (Å²) in [5, 5.41) is 0. The molecule has 0 fully saturated rings. The summed E-state index contributed by atoms with van der Waals surface area (Å²) in [4.78, 5) is 22.9. The second-order valence-corrected chi connectivity index (χ2v) is 3.63. The van der Waals surface area contributed by atoms with Crippen LogP contribution in [0.1, 0.15) is 10.4 Å². The molecule has 0 N–H and O–H groups in total. The summed E-state index contributed by atoms with van der Waals surface area (Å²) in [6.45, 7) is 0. The summed E-state index contributed by atoms with van der Waals surface area (Å²) in [6.07, 6.45) is 2.16. The predicted octanol–water partition coefficient (Wildman–Crippen LogP) is 1.62. The Bertz CT molecular complexity index is 507. The number of esters is 1. The van der Waals surface area contributed by atoms with Crippen LogP contribution < -0.4 is 14.2 Å². The second kappa shape index (κ2) is 7.18. The van der Waals surface area contributed by atoms with Gasteiger partial charge in [-0.2, -0.15) is 0 Å². The van der Waals surface area contributed by atoms with E-state index in [2.05, 4.69) is 4.74 Å². The maximum Gasteiger partial charge on any atom is 0.330 e. The number of methoxy groups -OCH3 is 4. The molecule has 6 nitrogen and oxygen atoms in total. The minimum absolute atomic E-state index is 0.305. The van der Waals surface area contributed by atoms with E-state index < -0.39 is 5.97 Å². The maximum absolute atomic E-state index is 12.0. The number of hydrogen-bond donors (Lipinski definition) is 0. The fourth-order valence-corrected chi connectivity index (χ4v) is 1.53. The highest BCUT2D eigenvalue weighted by molar-refractivity contribution is 6.07. The third-order valence-electron chi connectivity index (χ3n) is 2.52. The molecule has 0 aliphatic rings. The molecule has 1 rings (SSSR count). The first-order valence-electron chi connectivity index (χ1n) is 5.67. The highest BCUT2D eigenvalue weighted by atomic mass is 16.5. The van der Waals surface area contributed by atoms with E-state index in [0.29, 0.717) is 22.8 Å². The van der Waals surface area contributed by atoms with Crippen LogP contribution in [0.3, 0.4) is 0 Å².